The van der Waals surface area contributed by atoms with E-state index < -0.39 is 54.4 Å². The Morgan fingerprint density at radius 3 is 2.00 bits per heavy atom. The molecule has 0 bridgehead atoms. The van der Waals surface area contributed by atoms with E-state index in [0.717, 1.165) is 30.1 Å². The van der Waals surface area contributed by atoms with Gasteiger partial charge < -0.3 is 33.2 Å². The van der Waals surface area contributed by atoms with E-state index in [1.807, 2.05) is 30.3 Å². The monoisotopic (exact) mass is 630 g/mol. The van der Waals surface area contributed by atoms with Gasteiger partial charge in [-0.3, -0.25) is 19.2 Å². The number of fused-ring (bicyclic) bond motifs is 1. The summed E-state index contributed by atoms with van der Waals surface area (Å²) in [5.41, 5.74) is 2.31. The van der Waals surface area contributed by atoms with Crippen molar-refractivity contribution >= 4 is 35.5 Å². The molecule has 1 aliphatic carbocycles. The third-order valence-corrected chi connectivity index (χ3v) is 8.22. The number of carbonyl (C=O) groups excluding carboxylic acids is 4. The van der Waals surface area contributed by atoms with Crippen molar-refractivity contribution < 1.29 is 52.3 Å². The van der Waals surface area contributed by atoms with E-state index in [-0.39, 0.29) is 12.7 Å². The van der Waals surface area contributed by atoms with Gasteiger partial charge in [0, 0.05) is 44.6 Å². The van der Waals surface area contributed by atoms with Crippen LogP contribution in [0.4, 0.5) is 0 Å². The summed E-state index contributed by atoms with van der Waals surface area (Å²) in [6, 6.07) is 13.0. The fourth-order valence-corrected chi connectivity index (χ4v) is 6.01. The zero-order valence-corrected chi connectivity index (χ0v) is 25.6. The summed E-state index contributed by atoms with van der Waals surface area (Å²) >= 11 is 6.61. The van der Waals surface area contributed by atoms with Crippen LogP contribution in [0.25, 0.3) is 0 Å². The van der Waals surface area contributed by atoms with Crippen LogP contribution in [0.2, 0.25) is 5.02 Å². The Hall–Kier alpha value is -3.67. The van der Waals surface area contributed by atoms with Crippen molar-refractivity contribution in [3.05, 3.63) is 64.2 Å². The lowest BCUT2D eigenvalue weighted by Crippen LogP contribution is -2.59. The van der Waals surface area contributed by atoms with Gasteiger partial charge >= 0.3 is 23.9 Å². The maximum Gasteiger partial charge on any atom is 0.303 e. The molecule has 0 spiro atoms. The largest absolute Gasteiger partial charge is 0.490 e. The molecule has 44 heavy (non-hydrogen) atoms. The van der Waals surface area contributed by atoms with E-state index in [9.17, 15) is 19.2 Å². The maximum absolute atomic E-state index is 12.2. The van der Waals surface area contributed by atoms with Crippen LogP contribution in [0.1, 0.15) is 50.5 Å². The highest BCUT2D eigenvalue weighted by Crippen LogP contribution is 2.46. The van der Waals surface area contributed by atoms with Crippen LogP contribution in [0.5, 0.6) is 5.75 Å². The predicted molar refractivity (Wildman–Crippen MR) is 154 cm³/mol. The number of hydrogen-bond donors (Lipinski definition) is 0. The Bertz CT molecular complexity index is 1380. The minimum atomic E-state index is -1.26. The fourth-order valence-electron chi connectivity index (χ4n) is 5.83. The zero-order chi connectivity index (χ0) is 31.5. The van der Waals surface area contributed by atoms with Gasteiger partial charge in [0.2, 0.25) is 0 Å². The summed E-state index contributed by atoms with van der Waals surface area (Å²) in [5.74, 6) is -0.886. The average Bonchev–Trinajstić information content (AvgIpc) is 3.35. The average molecular weight is 631 g/mol. The third-order valence-electron chi connectivity index (χ3n) is 7.85. The molecule has 3 fully saturated rings. The van der Waals surface area contributed by atoms with E-state index in [2.05, 4.69) is 0 Å². The van der Waals surface area contributed by atoms with Gasteiger partial charge in [-0.25, -0.2) is 0 Å². The molecule has 7 atom stereocenters. The lowest BCUT2D eigenvalue weighted by molar-refractivity contribution is -0.254. The van der Waals surface area contributed by atoms with Gasteiger partial charge in [0.25, 0.3) is 0 Å². The van der Waals surface area contributed by atoms with Crippen LogP contribution in [-0.4, -0.2) is 74.2 Å². The van der Waals surface area contributed by atoms with Crippen molar-refractivity contribution in [2.24, 2.45) is 11.8 Å². The highest BCUT2D eigenvalue weighted by atomic mass is 35.5. The molecule has 0 amide bonds. The number of halogens is 1. The number of rotatable bonds is 10. The standard InChI is InChI=1S/C32H35ClO11/c1-16(34)39-15-27-30(40-17(2)35)32(42-19(4)37)31(41-18(3)36)28(44-27)21-7-10-26(33)22(12-21)11-20-5-8-23(9-6-20)43-29-24-13-38-14-25(24)29/h5-10,12,24-25,27-32H,11,13-15H2,1-4H3/t24?,25?,27-,28?,29?,30-,31+,32+/m1/s1. The smallest absolute Gasteiger partial charge is 0.303 e. The van der Waals surface area contributed by atoms with Gasteiger partial charge in [0.1, 0.15) is 30.7 Å². The molecule has 2 aliphatic heterocycles. The van der Waals surface area contributed by atoms with Crippen molar-refractivity contribution in [1.82, 2.24) is 0 Å². The molecule has 11 nitrogen and oxygen atoms in total. The second-order valence-corrected chi connectivity index (χ2v) is 11.6. The molecule has 2 saturated heterocycles. The van der Waals surface area contributed by atoms with Crippen molar-refractivity contribution in [2.45, 2.75) is 70.7 Å². The Kier molecular flexibility index (Phi) is 9.77. The van der Waals surface area contributed by atoms with Gasteiger partial charge in [0.15, 0.2) is 18.3 Å². The van der Waals surface area contributed by atoms with Crippen molar-refractivity contribution in [3.63, 3.8) is 0 Å². The fraction of sp³-hybridized carbons (Fsp3) is 0.500. The number of ether oxygens (including phenoxy) is 7. The summed E-state index contributed by atoms with van der Waals surface area (Å²) in [5, 5.41) is 0.505. The van der Waals surface area contributed by atoms with Gasteiger partial charge in [0.05, 0.1) is 13.2 Å². The first-order valence-corrected chi connectivity index (χ1v) is 14.8. The number of carbonyl (C=O) groups is 4. The van der Waals surface area contributed by atoms with Crippen LogP contribution in [0, 0.1) is 11.8 Å². The molecule has 2 aromatic rings. The van der Waals surface area contributed by atoms with E-state index in [1.54, 1.807) is 12.1 Å². The first-order chi connectivity index (χ1) is 21.0. The first-order valence-electron chi connectivity index (χ1n) is 14.4. The van der Waals surface area contributed by atoms with Crippen LogP contribution in [0.15, 0.2) is 42.5 Å². The Morgan fingerprint density at radius 2 is 1.39 bits per heavy atom. The second kappa shape index (κ2) is 13.5. The van der Waals surface area contributed by atoms with E-state index in [4.69, 9.17) is 44.8 Å². The Balaban J connectivity index is 1.41. The summed E-state index contributed by atoms with van der Waals surface area (Å²) in [7, 11) is 0. The highest BCUT2D eigenvalue weighted by molar-refractivity contribution is 6.31. The summed E-state index contributed by atoms with van der Waals surface area (Å²) < 4.78 is 39.7. The minimum Gasteiger partial charge on any atom is -0.490 e. The van der Waals surface area contributed by atoms with Crippen LogP contribution in [0.3, 0.4) is 0 Å². The number of benzene rings is 2. The molecule has 12 heteroatoms. The van der Waals surface area contributed by atoms with E-state index in [1.165, 1.54) is 27.7 Å². The molecule has 2 heterocycles. The minimum absolute atomic E-state index is 0.210. The number of hydrogen-bond acceptors (Lipinski definition) is 11. The number of esters is 4. The lowest BCUT2D eigenvalue weighted by Gasteiger charge is -2.44. The van der Waals surface area contributed by atoms with Gasteiger partial charge in [-0.05, 0) is 41.3 Å². The quantitative estimate of drug-likeness (QED) is 0.281. The Morgan fingerprint density at radius 1 is 0.773 bits per heavy atom. The van der Waals surface area contributed by atoms with Crippen molar-refractivity contribution in [2.75, 3.05) is 19.8 Å². The molecule has 2 aromatic carbocycles. The van der Waals surface area contributed by atoms with Gasteiger partial charge in [-0.2, -0.15) is 0 Å². The third kappa shape index (κ3) is 7.51. The molecule has 5 rings (SSSR count). The summed E-state index contributed by atoms with van der Waals surface area (Å²) in [6.45, 7) is 5.99. The van der Waals surface area contributed by atoms with Gasteiger partial charge in [-0.15, -0.1) is 0 Å². The molecule has 3 aliphatic rings. The lowest BCUT2D eigenvalue weighted by atomic mass is 9.89. The first kappa shape index (κ1) is 31.7. The molecular weight excluding hydrogens is 596 g/mol. The molecule has 0 radical (unpaired) electrons. The summed E-state index contributed by atoms with van der Waals surface area (Å²) in [6.07, 6.45) is -5.05. The predicted octanol–water partition coefficient (Wildman–Crippen LogP) is 3.75. The molecule has 236 valence electrons. The van der Waals surface area contributed by atoms with Crippen LogP contribution in [-0.2, 0) is 54.0 Å². The molecule has 0 N–H and O–H groups in total. The van der Waals surface area contributed by atoms with Crippen LogP contribution < -0.4 is 4.74 Å². The van der Waals surface area contributed by atoms with Gasteiger partial charge in [-0.1, -0.05) is 35.9 Å². The topological polar surface area (TPSA) is 133 Å². The SMILES string of the molecule is CC(=O)OC[C@H]1OC(c2ccc(Cl)c(Cc3ccc(OC4C5COCC54)cc3)c2)[C@H](OC(C)=O)[C@@H](OC(C)=O)[C@@H]1OC(C)=O. The Labute approximate surface area is 260 Å². The van der Waals surface area contributed by atoms with E-state index in [0.29, 0.717) is 28.8 Å². The highest BCUT2D eigenvalue weighted by Gasteiger charge is 2.56. The van der Waals surface area contributed by atoms with Crippen molar-refractivity contribution in [3.8, 4) is 5.75 Å². The molecule has 0 aromatic heterocycles. The molecular formula is C32H35ClO11. The van der Waals surface area contributed by atoms with Crippen molar-refractivity contribution in [1.29, 1.82) is 0 Å². The summed E-state index contributed by atoms with van der Waals surface area (Å²) in [4.78, 5) is 48.1. The molecule has 1 saturated carbocycles. The van der Waals surface area contributed by atoms with Crippen LogP contribution >= 0.6 is 11.6 Å². The normalized spacial score (nSPS) is 28.8. The second-order valence-electron chi connectivity index (χ2n) is 11.2. The maximum atomic E-state index is 12.2. The zero-order valence-electron chi connectivity index (χ0n) is 24.9. The molecule has 3 unspecified atom stereocenters. The van der Waals surface area contributed by atoms with E-state index >= 15 is 0 Å².